The Bertz CT molecular complexity index is 3930. The Morgan fingerprint density at radius 3 is 1.48 bits per heavy atom. The predicted octanol–water partition coefficient (Wildman–Crippen LogP) is 15.9. The van der Waals surface area contributed by atoms with Gasteiger partial charge in [0.25, 0.3) is 6.71 Å². The number of fused-ring (bicyclic) bond motifs is 7. The van der Waals surface area contributed by atoms with Gasteiger partial charge in [-0.15, -0.1) is 11.3 Å². The summed E-state index contributed by atoms with van der Waals surface area (Å²) in [6.07, 6.45) is 2.32. The van der Waals surface area contributed by atoms with Gasteiger partial charge in [-0.25, -0.2) is 0 Å². The fourth-order valence-corrected chi connectivity index (χ4v) is 20.3. The molecule has 0 spiro atoms. The summed E-state index contributed by atoms with van der Waals surface area (Å²) in [6, 6.07) is 75.6. The van der Waals surface area contributed by atoms with Crippen LogP contribution >= 0.6 is 11.3 Å². The van der Waals surface area contributed by atoms with Gasteiger partial charge in [-0.3, -0.25) is 0 Å². The highest BCUT2D eigenvalue weighted by Crippen LogP contribution is 2.53. The van der Waals surface area contributed by atoms with Crippen molar-refractivity contribution in [1.29, 1.82) is 0 Å². The quantitative estimate of drug-likeness (QED) is 0.116. The van der Waals surface area contributed by atoms with E-state index in [1.54, 1.807) is 0 Å². The summed E-state index contributed by atoms with van der Waals surface area (Å²) in [5.74, 6) is 0. The van der Waals surface area contributed by atoms with E-state index in [0.29, 0.717) is 0 Å². The molecule has 13 rings (SSSR count). The van der Waals surface area contributed by atoms with Gasteiger partial charge in [-0.2, -0.15) is 0 Å². The number of thiophene rings is 1. The van der Waals surface area contributed by atoms with Crippen LogP contribution in [0.15, 0.2) is 194 Å². The fraction of sp³-hybridized carbons (Fsp3) is 0.253. The van der Waals surface area contributed by atoms with Crippen molar-refractivity contribution in [3.63, 3.8) is 0 Å². The molecule has 0 saturated heterocycles. The number of hydrogen-bond acceptors (Lipinski definition) is 3. The highest BCUT2D eigenvalue weighted by Gasteiger charge is 2.49. The summed E-state index contributed by atoms with van der Waals surface area (Å²) in [6.45, 7) is 31.0. The Morgan fingerprint density at radius 2 is 0.950 bits per heavy atom. The molecule has 10 aromatic rings. The lowest BCUT2D eigenvalue weighted by Crippen LogP contribution is -2.74. The van der Waals surface area contributed by atoms with E-state index in [9.17, 15) is 0 Å². The summed E-state index contributed by atoms with van der Waals surface area (Å²) in [5.41, 5.74) is 22.6. The zero-order valence-corrected chi connectivity index (χ0v) is 51.1. The van der Waals surface area contributed by atoms with E-state index in [1.165, 1.54) is 131 Å². The van der Waals surface area contributed by atoms with Crippen LogP contribution in [0, 0.1) is 20.8 Å². The van der Waals surface area contributed by atoms with Crippen LogP contribution in [0.25, 0.3) is 21.2 Å². The van der Waals surface area contributed by atoms with Gasteiger partial charge in [0.15, 0.2) is 8.07 Å². The first-order valence-electron chi connectivity index (χ1n) is 29.1. The molecule has 2 nitrogen and oxygen atoms in total. The molecule has 3 aliphatic rings. The van der Waals surface area contributed by atoms with Gasteiger partial charge >= 0.3 is 0 Å². The van der Waals surface area contributed by atoms with E-state index in [0.717, 1.165) is 12.8 Å². The molecule has 0 bridgehead atoms. The Balaban J connectivity index is 1.03. The smallest absolute Gasteiger partial charge is 0.264 e. The molecule has 80 heavy (non-hydrogen) atoms. The number of nitrogens with zero attached hydrogens (tertiary/aromatic N) is 2. The van der Waals surface area contributed by atoms with Gasteiger partial charge in [-0.05, 0) is 192 Å². The maximum Gasteiger partial charge on any atom is 0.264 e. The normalized spacial score (nSPS) is 15.3. The predicted molar refractivity (Wildman–Crippen MR) is 352 cm³/mol. The molecule has 0 atom stereocenters. The minimum atomic E-state index is -2.68. The van der Waals surface area contributed by atoms with Crippen molar-refractivity contribution in [2.24, 2.45) is 0 Å². The van der Waals surface area contributed by atoms with Crippen molar-refractivity contribution < 1.29 is 0 Å². The molecule has 9 aromatic carbocycles. The second-order valence-electron chi connectivity index (χ2n) is 27.0. The SMILES string of the molecule is Cc1cc2c3c(c1)N(c1ccc(C(C)(C)C)cc1)c1c(sc4ccc(C(C)(C)C)cc14)B3c1cc3c(cc1N2c1c(C)cc(-c2ccc([Si](c4ccccc4)(c4ccccc4)c4ccccc4)cc2)cc1C)C(C)(C)CCC3(C)C. The second kappa shape index (κ2) is 18.7. The van der Waals surface area contributed by atoms with Crippen LogP contribution in [0.2, 0.25) is 0 Å². The molecule has 0 radical (unpaired) electrons. The highest BCUT2D eigenvalue weighted by molar-refractivity contribution is 7.33. The lowest BCUT2D eigenvalue weighted by atomic mass is 9.35. The molecule has 1 aromatic heterocycles. The van der Waals surface area contributed by atoms with Crippen LogP contribution in [-0.2, 0) is 21.7 Å². The molecule has 5 heteroatoms. The number of benzene rings is 9. The molecule has 2 aliphatic heterocycles. The number of rotatable bonds is 7. The average molecular weight is 1080 g/mol. The van der Waals surface area contributed by atoms with E-state index in [4.69, 9.17) is 0 Å². The number of hydrogen-bond donors (Lipinski definition) is 0. The van der Waals surface area contributed by atoms with E-state index in [-0.39, 0.29) is 28.4 Å². The molecule has 0 unspecified atom stereocenters. The monoisotopic (exact) mass is 1070 g/mol. The molecule has 0 fully saturated rings. The topological polar surface area (TPSA) is 6.48 Å². The zero-order chi connectivity index (χ0) is 55.8. The van der Waals surface area contributed by atoms with Crippen LogP contribution < -0.4 is 46.2 Å². The standard InChI is InChI=1S/C75H75BN2SSi/c1-48-41-65-68-66(42-48)78(69-49(2)43-52(44-50(69)3)51-29-36-59(37-30-51)80(56-23-17-14-18-24-56,57-25-19-15-20-26-57)58-27-21-16-22-28-58)64-47-62-61(74(10,11)39-40-75(62,12)13)46-63(64)76(68)71-70(60-45-54(73(7,8)9)33-38-67(60)79-71)77(65)55-34-31-53(32-35-55)72(4,5)6/h14-38,41-47H,39-40H2,1-13H3. The van der Waals surface area contributed by atoms with Gasteiger partial charge in [-0.1, -0.05) is 209 Å². The zero-order valence-electron chi connectivity index (χ0n) is 49.3. The van der Waals surface area contributed by atoms with E-state index in [2.05, 4.69) is 294 Å². The van der Waals surface area contributed by atoms with Crippen LogP contribution in [0.3, 0.4) is 0 Å². The molecule has 398 valence electrons. The molecular weight excluding hydrogens is 1000 g/mol. The van der Waals surface area contributed by atoms with Crippen LogP contribution in [-0.4, -0.2) is 14.8 Å². The summed E-state index contributed by atoms with van der Waals surface area (Å²) in [5, 5.41) is 6.88. The highest BCUT2D eigenvalue weighted by atomic mass is 32.1. The minimum absolute atomic E-state index is 0.00317. The van der Waals surface area contributed by atoms with Gasteiger partial charge in [0.2, 0.25) is 0 Å². The minimum Gasteiger partial charge on any atom is -0.311 e. The van der Waals surface area contributed by atoms with Crippen LogP contribution in [0.1, 0.15) is 121 Å². The van der Waals surface area contributed by atoms with E-state index < -0.39 is 8.07 Å². The fourth-order valence-electron chi connectivity index (χ4n) is 14.2. The molecule has 0 N–H and O–H groups in total. The van der Waals surface area contributed by atoms with Crippen molar-refractivity contribution in [3.8, 4) is 11.1 Å². The molecule has 3 heterocycles. The van der Waals surface area contributed by atoms with Gasteiger partial charge in [0, 0.05) is 37.6 Å². The van der Waals surface area contributed by atoms with Crippen molar-refractivity contribution in [1.82, 2.24) is 0 Å². The molecular formula is C75H75BN2SSi. The summed E-state index contributed by atoms with van der Waals surface area (Å²) >= 11 is 2.01. The van der Waals surface area contributed by atoms with Crippen molar-refractivity contribution in [3.05, 3.63) is 233 Å². The number of anilines is 6. The first-order valence-corrected chi connectivity index (χ1v) is 32.0. The summed E-state index contributed by atoms with van der Waals surface area (Å²) in [4.78, 5) is 5.37. The van der Waals surface area contributed by atoms with E-state index >= 15 is 0 Å². The first kappa shape index (κ1) is 52.2. The van der Waals surface area contributed by atoms with Crippen LogP contribution in [0.5, 0.6) is 0 Å². The third kappa shape index (κ3) is 8.23. The Kier molecular flexibility index (Phi) is 12.2. The summed E-state index contributed by atoms with van der Waals surface area (Å²) in [7, 11) is -2.68. The largest absolute Gasteiger partial charge is 0.311 e. The maximum atomic E-state index is 2.71. The third-order valence-corrected chi connectivity index (χ3v) is 24.6. The average Bonchev–Trinajstić information content (AvgIpc) is 3.56. The molecule has 1 aliphatic carbocycles. The summed E-state index contributed by atoms with van der Waals surface area (Å²) < 4.78 is 2.78. The Morgan fingerprint density at radius 1 is 0.463 bits per heavy atom. The number of aryl methyl sites for hydroxylation is 3. The van der Waals surface area contributed by atoms with Crippen molar-refractivity contribution in [2.75, 3.05) is 9.80 Å². The van der Waals surface area contributed by atoms with Gasteiger partial charge in [0.1, 0.15) is 0 Å². The van der Waals surface area contributed by atoms with Crippen molar-refractivity contribution in [2.45, 2.75) is 125 Å². The van der Waals surface area contributed by atoms with E-state index in [1.807, 2.05) is 11.3 Å². The van der Waals surface area contributed by atoms with Crippen LogP contribution in [0.4, 0.5) is 34.1 Å². The van der Waals surface area contributed by atoms with Gasteiger partial charge in [0.05, 0.1) is 11.4 Å². The van der Waals surface area contributed by atoms with Crippen molar-refractivity contribution >= 4 is 107 Å². The molecule has 0 amide bonds. The Labute approximate surface area is 482 Å². The molecule has 0 saturated carbocycles. The maximum absolute atomic E-state index is 2.71. The van der Waals surface area contributed by atoms with Gasteiger partial charge < -0.3 is 9.80 Å². The lowest BCUT2D eigenvalue weighted by molar-refractivity contribution is 0.332. The Hall–Kier alpha value is -7.18. The lowest BCUT2D eigenvalue weighted by Gasteiger charge is -2.47. The first-order chi connectivity index (χ1) is 38.1. The third-order valence-electron chi connectivity index (χ3n) is 18.6. The second-order valence-corrected chi connectivity index (χ2v) is 31.9.